The minimum absolute atomic E-state index is 0.0537. The largest absolute Gasteiger partial charge is 0.354 e. The third-order valence-corrected chi connectivity index (χ3v) is 3.78. The van der Waals surface area contributed by atoms with Gasteiger partial charge in [0.1, 0.15) is 12.9 Å². The second-order valence-electron chi connectivity index (χ2n) is 4.35. The van der Waals surface area contributed by atoms with Gasteiger partial charge in [-0.25, -0.2) is 4.98 Å². The summed E-state index contributed by atoms with van der Waals surface area (Å²) in [4.78, 5) is 15.9. The fourth-order valence-corrected chi connectivity index (χ4v) is 2.58. The molecule has 0 radical (unpaired) electrons. The molecule has 0 atom stereocenters. The second kappa shape index (κ2) is 6.40. The average Bonchev–Trinajstić information content (AvgIpc) is 3.14. The van der Waals surface area contributed by atoms with E-state index < -0.39 is 0 Å². The first-order valence-electron chi connectivity index (χ1n) is 6.48. The summed E-state index contributed by atoms with van der Waals surface area (Å²) in [5.41, 5.74) is 0.962. The van der Waals surface area contributed by atoms with E-state index in [1.54, 1.807) is 10.9 Å². The Morgan fingerprint density at radius 3 is 3.14 bits per heavy atom. The van der Waals surface area contributed by atoms with Crippen molar-refractivity contribution in [3.05, 3.63) is 36.8 Å². The highest BCUT2D eigenvalue weighted by Gasteiger charge is 2.06. The normalized spacial score (nSPS) is 10.9. The van der Waals surface area contributed by atoms with Crippen molar-refractivity contribution < 1.29 is 4.79 Å². The molecule has 8 heteroatoms. The molecule has 0 fully saturated rings. The first-order chi connectivity index (χ1) is 10.3. The maximum atomic E-state index is 11.9. The van der Waals surface area contributed by atoms with E-state index in [9.17, 15) is 4.79 Å². The molecule has 0 aliphatic carbocycles. The van der Waals surface area contributed by atoms with Crippen LogP contribution < -0.4 is 5.32 Å². The number of nitrogens with zero attached hydrogens (tertiary/aromatic N) is 4. The first-order valence-corrected chi connectivity index (χ1v) is 7.47. The van der Waals surface area contributed by atoms with Crippen molar-refractivity contribution in [3.63, 3.8) is 0 Å². The monoisotopic (exact) mass is 302 g/mol. The number of benzene rings is 1. The molecular formula is C13H14N6OS. The van der Waals surface area contributed by atoms with Crippen LogP contribution in [0.4, 0.5) is 0 Å². The Hall–Kier alpha value is -2.35. The van der Waals surface area contributed by atoms with Crippen LogP contribution in [0.2, 0.25) is 0 Å². The number of aromatic amines is 1. The maximum Gasteiger partial charge on any atom is 0.241 e. The Labute approximate surface area is 125 Å². The molecule has 0 saturated heterocycles. The molecule has 0 saturated carbocycles. The van der Waals surface area contributed by atoms with Crippen molar-refractivity contribution in [2.24, 2.45) is 0 Å². The molecule has 2 aromatic heterocycles. The number of rotatable bonds is 6. The quantitative estimate of drug-likeness (QED) is 0.525. The molecule has 7 nitrogen and oxygen atoms in total. The molecular weight excluding hydrogens is 288 g/mol. The van der Waals surface area contributed by atoms with E-state index in [1.807, 2.05) is 24.3 Å². The van der Waals surface area contributed by atoms with Crippen molar-refractivity contribution >= 4 is 28.6 Å². The minimum atomic E-state index is -0.0537. The third-order valence-electron chi connectivity index (χ3n) is 2.90. The summed E-state index contributed by atoms with van der Waals surface area (Å²) < 4.78 is 1.70. The van der Waals surface area contributed by atoms with Gasteiger partial charge in [0.15, 0.2) is 5.16 Å². The fraction of sp³-hybridized carbons (Fsp3) is 0.231. The Kier molecular flexibility index (Phi) is 4.15. The Morgan fingerprint density at radius 1 is 1.38 bits per heavy atom. The zero-order chi connectivity index (χ0) is 14.5. The Balaban J connectivity index is 1.48. The summed E-state index contributed by atoms with van der Waals surface area (Å²) in [6.07, 6.45) is 3.23. The number of nitrogens with one attached hydrogen (secondary N) is 2. The van der Waals surface area contributed by atoms with Gasteiger partial charge in [-0.15, -0.1) is 0 Å². The second-order valence-corrected chi connectivity index (χ2v) is 5.43. The van der Waals surface area contributed by atoms with Crippen LogP contribution in [0.1, 0.15) is 0 Å². The summed E-state index contributed by atoms with van der Waals surface area (Å²) in [5, 5.41) is 15.4. The fourth-order valence-electron chi connectivity index (χ4n) is 1.95. The topological polar surface area (TPSA) is 88.5 Å². The zero-order valence-corrected chi connectivity index (χ0v) is 12.0. The number of para-hydroxylation sites is 1. The number of aromatic nitrogens is 5. The Morgan fingerprint density at radius 2 is 2.29 bits per heavy atom. The van der Waals surface area contributed by atoms with Crippen molar-refractivity contribution in [3.8, 4) is 0 Å². The van der Waals surface area contributed by atoms with E-state index >= 15 is 0 Å². The van der Waals surface area contributed by atoms with Gasteiger partial charge in [0.25, 0.3) is 0 Å². The first kappa shape index (κ1) is 13.6. The summed E-state index contributed by atoms with van der Waals surface area (Å²) in [6.45, 7) is 0.796. The standard InChI is InChI=1S/C13H14N6OS/c20-12(14-5-6-21-13-15-9-16-18-13)8-19-11-4-2-1-3-10(11)7-17-19/h1-4,7,9H,5-6,8H2,(H,14,20)(H,15,16,18). The zero-order valence-electron chi connectivity index (χ0n) is 11.2. The molecule has 3 rings (SSSR count). The summed E-state index contributed by atoms with van der Waals surface area (Å²) in [7, 11) is 0. The van der Waals surface area contributed by atoms with Crippen molar-refractivity contribution in [2.75, 3.05) is 12.3 Å². The van der Waals surface area contributed by atoms with Crippen molar-refractivity contribution in [2.45, 2.75) is 11.7 Å². The molecule has 3 aromatic rings. The van der Waals surface area contributed by atoms with Crippen LogP contribution in [-0.4, -0.2) is 43.2 Å². The predicted molar refractivity (Wildman–Crippen MR) is 79.8 cm³/mol. The lowest BCUT2D eigenvalue weighted by molar-refractivity contribution is -0.121. The molecule has 1 aromatic carbocycles. The average molecular weight is 302 g/mol. The lowest BCUT2D eigenvalue weighted by atomic mass is 10.2. The lowest BCUT2D eigenvalue weighted by Gasteiger charge is -2.05. The summed E-state index contributed by atoms with van der Waals surface area (Å²) in [6, 6.07) is 7.82. The lowest BCUT2D eigenvalue weighted by Crippen LogP contribution is -2.29. The number of thioether (sulfide) groups is 1. The highest BCUT2D eigenvalue weighted by Crippen LogP contribution is 2.12. The van der Waals surface area contributed by atoms with Gasteiger partial charge < -0.3 is 5.32 Å². The van der Waals surface area contributed by atoms with Gasteiger partial charge in [0.05, 0.1) is 11.7 Å². The van der Waals surface area contributed by atoms with Gasteiger partial charge in [-0.05, 0) is 6.07 Å². The van der Waals surface area contributed by atoms with Gasteiger partial charge in [0, 0.05) is 17.7 Å². The minimum Gasteiger partial charge on any atom is -0.354 e. The van der Waals surface area contributed by atoms with E-state index in [0.717, 1.165) is 21.8 Å². The molecule has 2 heterocycles. The molecule has 0 unspecified atom stereocenters. The smallest absolute Gasteiger partial charge is 0.241 e. The van der Waals surface area contributed by atoms with Gasteiger partial charge in [-0.3, -0.25) is 14.6 Å². The van der Waals surface area contributed by atoms with Crippen LogP contribution in [0.15, 0.2) is 41.9 Å². The Bertz CT molecular complexity index is 723. The van der Waals surface area contributed by atoms with Crippen LogP contribution >= 0.6 is 11.8 Å². The van der Waals surface area contributed by atoms with Crippen LogP contribution in [-0.2, 0) is 11.3 Å². The molecule has 108 valence electrons. The number of carbonyl (C=O) groups excluding carboxylic acids is 1. The number of carbonyl (C=O) groups is 1. The predicted octanol–water partition coefficient (Wildman–Crippen LogP) is 1.06. The van der Waals surface area contributed by atoms with E-state index in [2.05, 4.69) is 25.6 Å². The molecule has 0 bridgehead atoms. The molecule has 0 spiro atoms. The van der Waals surface area contributed by atoms with Gasteiger partial charge in [-0.1, -0.05) is 30.0 Å². The number of hydrogen-bond acceptors (Lipinski definition) is 5. The van der Waals surface area contributed by atoms with E-state index in [1.165, 1.54) is 18.1 Å². The van der Waals surface area contributed by atoms with Gasteiger partial charge in [0.2, 0.25) is 5.91 Å². The highest BCUT2D eigenvalue weighted by atomic mass is 32.2. The molecule has 21 heavy (non-hydrogen) atoms. The third kappa shape index (κ3) is 3.40. The van der Waals surface area contributed by atoms with Gasteiger partial charge >= 0.3 is 0 Å². The van der Waals surface area contributed by atoms with Crippen molar-refractivity contribution in [1.82, 2.24) is 30.3 Å². The summed E-state index contributed by atoms with van der Waals surface area (Å²) >= 11 is 1.51. The molecule has 0 aliphatic heterocycles. The summed E-state index contributed by atoms with van der Waals surface area (Å²) in [5.74, 6) is 0.683. The number of hydrogen-bond donors (Lipinski definition) is 2. The van der Waals surface area contributed by atoms with Gasteiger partial charge in [-0.2, -0.15) is 10.2 Å². The number of H-pyrrole nitrogens is 1. The number of amides is 1. The maximum absolute atomic E-state index is 11.9. The van der Waals surface area contributed by atoms with E-state index in [0.29, 0.717) is 6.54 Å². The van der Waals surface area contributed by atoms with E-state index in [-0.39, 0.29) is 12.5 Å². The SMILES string of the molecule is O=C(Cn1ncc2ccccc21)NCCSc1ncn[nH]1. The van der Waals surface area contributed by atoms with Crippen LogP contribution in [0.25, 0.3) is 10.9 Å². The van der Waals surface area contributed by atoms with Crippen LogP contribution in [0.3, 0.4) is 0 Å². The molecule has 1 amide bonds. The van der Waals surface area contributed by atoms with Crippen molar-refractivity contribution in [1.29, 1.82) is 0 Å². The highest BCUT2D eigenvalue weighted by molar-refractivity contribution is 7.99. The molecule has 2 N–H and O–H groups in total. The van der Waals surface area contributed by atoms with Crippen LogP contribution in [0, 0.1) is 0 Å². The molecule has 0 aliphatic rings. The number of fused-ring (bicyclic) bond motifs is 1. The van der Waals surface area contributed by atoms with E-state index in [4.69, 9.17) is 0 Å². The van der Waals surface area contributed by atoms with Crippen LogP contribution in [0.5, 0.6) is 0 Å².